The van der Waals surface area contributed by atoms with Crippen molar-refractivity contribution < 1.29 is 19.4 Å². The van der Waals surface area contributed by atoms with E-state index in [-0.39, 0.29) is 0 Å². The van der Waals surface area contributed by atoms with Gasteiger partial charge in [-0.2, -0.15) is 0 Å². The summed E-state index contributed by atoms with van der Waals surface area (Å²) in [6, 6.07) is 0. The van der Waals surface area contributed by atoms with Crippen LogP contribution < -0.4 is 0 Å². The lowest BCUT2D eigenvalue weighted by molar-refractivity contribution is -0.202. The minimum atomic E-state index is -1.47. The molecular formula is C9H12O4. The molecule has 0 aromatic rings. The Bertz CT molecular complexity index is 256. The molecule has 1 aliphatic carbocycles. The summed E-state index contributed by atoms with van der Waals surface area (Å²) in [6.45, 7) is 0. The van der Waals surface area contributed by atoms with Gasteiger partial charge in [-0.05, 0) is 12.2 Å². The molecule has 0 aliphatic heterocycles. The summed E-state index contributed by atoms with van der Waals surface area (Å²) in [5.74, 6) is -1.47. The van der Waals surface area contributed by atoms with E-state index in [1.54, 1.807) is 0 Å². The first-order valence-electron chi connectivity index (χ1n) is 3.83. The van der Waals surface area contributed by atoms with E-state index in [1.807, 2.05) is 0 Å². The molecular weight excluding hydrogens is 172 g/mol. The Hall–Kier alpha value is -0.970. The van der Waals surface area contributed by atoms with E-state index >= 15 is 0 Å². The van der Waals surface area contributed by atoms with Crippen molar-refractivity contribution in [3.05, 3.63) is 23.8 Å². The minimum absolute atomic E-state index is 0.466. The molecule has 1 rings (SSSR count). The van der Waals surface area contributed by atoms with Crippen molar-refractivity contribution in [2.45, 2.75) is 11.9 Å². The van der Waals surface area contributed by atoms with E-state index in [0.717, 1.165) is 0 Å². The maximum atomic E-state index is 10.4. The second-order valence-electron chi connectivity index (χ2n) is 2.73. The molecule has 0 spiro atoms. The van der Waals surface area contributed by atoms with Crippen molar-refractivity contribution >= 4 is 6.29 Å². The van der Waals surface area contributed by atoms with Gasteiger partial charge in [0.05, 0.1) is 0 Å². The molecule has 0 saturated heterocycles. The van der Waals surface area contributed by atoms with Crippen LogP contribution in [0.25, 0.3) is 0 Å². The Balaban J connectivity index is 2.91. The third-order valence-corrected chi connectivity index (χ3v) is 1.98. The zero-order valence-corrected chi connectivity index (χ0v) is 7.56. The molecule has 72 valence electrons. The van der Waals surface area contributed by atoms with Crippen molar-refractivity contribution in [1.29, 1.82) is 0 Å². The largest absolute Gasteiger partial charge is 0.371 e. The van der Waals surface area contributed by atoms with Gasteiger partial charge in [0, 0.05) is 19.8 Å². The van der Waals surface area contributed by atoms with Gasteiger partial charge in [0.15, 0.2) is 0 Å². The molecule has 1 N–H and O–H groups in total. The number of aliphatic hydroxyl groups is 1. The van der Waals surface area contributed by atoms with Crippen LogP contribution in [0.3, 0.4) is 0 Å². The van der Waals surface area contributed by atoms with Crippen LogP contribution in [0.2, 0.25) is 0 Å². The first kappa shape index (κ1) is 10.1. The standard InChI is InChI=1S/C9H12O4/c1-12-8-5-7(6-10)3-4-9(8,11)13-2/h3-6,8,11H,1-2H3. The van der Waals surface area contributed by atoms with Gasteiger partial charge in [0.1, 0.15) is 12.4 Å². The monoisotopic (exact) mass is 184 g/mol. The molecule has 0 bridgehead atoms. The van der Waals surface area contributed by atoms with Crippen molar-refractivity contribution in [3.8, 4) is 0 Å². The van der Waals surface area contributed by atoms with Crippen LogP contribution in [0.4, 0.5) is 0 Å². The molecule has 0 saturated carbocycles. The molecule has 0 aromatic heterocycles. The normalized spacial score (nSPS) is 32.8. The smallest absolute Gasteiger partial charge is 0.216 e. The first-order valence-corrected chi connectivity index (χ1v) is 3.83. The third kappa shape index (κ3) is 1.85. The average molecular weight is 184 g/mol. The topological polar surface area (TPSA) is 55.8 Å². The van der Waals surface area contributed by atoms with Gasteiger partial charge in [-0.15, -0.1) is 0 Å². The van der Waals surface area contributed by atoms with Crippen LogP contribution in [0, 0.1) is 0 Å². The number of carbonyl (C=O) groups is 1. The van der Waals surface area contributed by atoms with Crippen LogP contribution in [0.15, 0.2) is 23.8 Å². The Morgan fingerprint density at radius 1 is 1.62 bits per heavy atom. The summed E-state index contributed by atoms with van der Waals surface area (Å²) in [7, 11) is 2.81. The van der Waals surface area contributed by atoms with Crippen molar-refractivity contribution in [1.82, 2.24) is 0 Å². The highest BCUT2D eigenvalue weighted by Crippen LogP contribution is 2.23. The van der Waals surface area contributed by atoms with E-state index in [2.05, 4.69) is 0 Å². The number of ether oxygens (including phenoxy) is 2. The lowest BCUT2D eigenvalue weighted by Crippen LogP contribution is -2.43. The Morgan fingerprint density at radius 3 is 2.77 bits per heavy atom. The Morgan fingerprint density at radius 2 is 2.31 bits per heavy atom. The number of aldehydes is 1. The first-order chi connectivity index (χ1) is 6.16. The number of rotatable bonds is 3. The molecule has 4 heteroatoms. The van der Waals surface area contributed by atoms with Gasteiger partial charge >= 0.3 is 0 Å². The fourth-order valence-corrected chi connectivity index (χ4v) is 1.16. The van der Waals surface area contributed by atoms with Gasteiger partial charge in [-0.1, -0.05) is 6.08 Å². The summed E-state index contributed by atoms with van der Waals surface area (Å²) in [5.41, 5.74) is 0.466. The Labute approximate surface area is 76.5 Å². The highest BCUT2D eigenvalue weighted by atomic mass is 16.6. The van der Waals surface area contributed by atoms with Crippen molar-refractivity contribution in [2.24, 2.45) is 0 Å². The third-order valence-electron chi connectivity index (χ3n) is 1.98. The predicted octanol–water partition coefficient (Wildman–Crippen LogP) is 0.0315. The molecule has 13 heavy (non-hydrogen) atoms. The van der Waals surface area contributed by atoms with E-state index in [1.165, 1.54) is 32.4 Å². The molecule has 2 atom stereocenters. The summed E-state index contributed by atoms with van der Waals surface area (Å²) in [6.07, 6.45) is 4.44. The van der Waals surface area contributed by atoms with Crippen LogP contribution in [-0.4, -0.2) is 37.5 Å². The second-order valence-corrected chi connectivity index (χ2v) is 2.73. The highest BCUT2D eigenvalue weighted by molar-refractivity contribution is 5.78. The van der Waals surface area contributed by atoms with Crippen LogP contribution in [0.1, 0.15) is 0 Å². The highest BCUT2D eigenvalue weighted by Gasteiger charge is 2.35. The van der Waals surface area contributed by atoms with Gasteiger partial charge < -0.3 is 14.6 Å². The fraction of sp³-hybridized carbons (Fsp3) is 0.444. The predicted molar refractivity (Wildman–Crippen MR) is 46.0 cm³/mol. The molecule has 0 aromatic carbocycles. The number of allylic oxidation sites excluding steroid dienone is 2. The maximum absolute atomic E-state index is 10.4. The molecule has 0 amide bonds. The van der Waals surface area contributed by atoms with Crippen LogP contribution in [-0.2, 0) is 14.3 Å². The van der Waals surface area contributed by atoms with Gasteiger partial charge in [0.2, 0.25) is 5.79 Å². The molecule has 4 nitrogen and oxygen atoms in total. The van der Waals surface area contributed by atoms with Gasteiger partial charge in [-0.25, -0.2) is 0 Å². The number of carbonyl (C=O) groups excluding carboxylic acids is 1. The van der Waals surface area contributed by atoms with Crippen LogP contribution >= 0.6 is 0 Å². The molecule has 1 aliphatic rings. The van der Waals surface area contributed by atoms with E-state index in [9.17, 15) is 9.90 Å². The van der Waals surface area contributed by atoms with Gasteiger partial charge in [0.25, 0.3) is 0 Å². The van der Waals surface area contributed by atoms with E-state index in [4.69, 9.17) is 9.47 Å². The van der Waals surface area contributed by atoms with Crippen molar-refractivity contribution in [3.63, 3.8) is 0 Å². The SMILES string of the molecule is COC1C=C(C=O)C=CC1(O)OC. The quantitative estimate of drug-likeness (QED) is 0.496. The fourth-order valence-electron chi connectivity index (χ4n) is 1.16. The molecule has 0 heterocycles. The lowest BCUT2D eigenvalue weighted by atomic mass is 10.00. The summed E-state index contributed by atoms with van der Waals surface area (Å²) >= 11 is 0. The van der Waals surface area contributed by atoms with E-state index in [0.29, 0.717) is 11.9 Å². The summed E-state index contributed by atoms with van der Waals surface area (Å²) in [5, 5.41) is 9.76. The molecule has 0 fully saturated rings. The van der Waals surface area contributed by atoms with Crippen LogP contribution in [0.5, 0.6) is 0 Å². The lowest BCUT2D eigenvalue weighted by Gasteiger charge is -2.31. The van der Waals surface area contributed by atoms with Gasteiger partial charge in [-0.3, -0.25) is 4.79 Å². The second kappa shape index (κ2) is 3.83. The zero-order chi connectivity index (χ0) is 9.90. The Kier molecular flexibility index (Phi) is 2.98. The summed E-state index contributed by atoms with van der Waals surface area (Å²) in [4.78, 5) is 10.4. The maximum Gasteiger partial charge on any atom is 0.216 e. The zero-order valence-electron chi connectivity index (χ0n) is 7.56. The number of methoxy groups -OCH3 is 2. The minimum Gasteiger partial charge on any atom is -0.371 e. The molecule has 0 radical (unpaired) electrons. The van der Waals surface area contributed by atoms with Crippen molar-refractivity contribution in [2.75, 3.05) is 14.2 Å². The number of hydrogen-bond donors (Lipinski definition) is 1. The average Bonchev–Trinajstić information content (AvgIpc) is 2.18. The van der Waals surface area contributed by atoms with E-state index < -0.39 is 11.9 Å². The summed E-state index contributed by atoms with van der Waals surface area (Å²) < 4.78 is 9.83. The molecule has 2 unspecified atom stereocenters. The number of hydrogen-bond acceptors (Lipinski definition) is 4.